The average molecular weight is 153 g/mol. The first-order valence-electron chi connectivity index (χ1n) is 2.82. The van der Waals surface area contributed by atoms with Crippen molar-refractivity contribution < 1.29 is 4.39 Å². The second-order valence-electron chi connectivity index (χ2n) is 1.83. The first-order chi connectivity index (χ1) is 5.25. The summed E-state index contributed by atoms with van der Waals surface area (Å²) in [6, 6.07) is 1.71. The molecule has 0 N–H and O–H groups in total. The van der Waals surface area contributed by atoms with Gasteiger partial charge in [0.1, 0.15) is 6.54 Å². The molecule has 11 heavy (non-hydrogen) atoms. The van der Waals surface area contributed by atoms with Crippen molar-refractivity contribution in [2.24, 2.45) is 0 Å². The third kappa shape index (κ3) is 1.41. The molecular weight excluding hydrogens is 149 g/mol. The van der Waals surface area contributed by atoms with Gasteiger partial charge in [-0.15, -0.1) is 0 Å². The maximum atomic E-state index is 12.4. The zero-order valence-corrected chi connectivity index (χ0v) is 5.49. The van der Waals surface area contributed by atoms with Gasteiger partial charge in [-0.05, 0) is 0 Å². The third-order valence-corrected chi connectivity index (χ3v) is 1.10. The van der Waals surface area contributed by atoms with Crippen LogP contribution in [0, 0.1) is 17.1 Å². The SMILES string of the molecule is N#CCn1cncc(F)c1=O. The monoisotopic (exact) mass is 153 g/mol. The van der Waals surface area contributed by atoms with Crippen molar-refractivity contribution in [2.75, 3.05) is 0 Å². The summed E-state index contributed by atoms with van der Waals surface area (Å²) < 4.78 is 13.3. The maximum Gasteiger partial charge on any atom is 0.290 e. The van der Waals surface area contributed by atoms with Gasteiger partial charge in [0.15, 0.2) is 0 Å². The van der Waals surface area contributed by atoms with Crippen LogP contribution in [0.15, 0.2) is 17.3 Å². The molecule has 1 aromatic heterocycles. The van der Waals surface area contributed by atoms with Crippen molar-refractivity contribution in [2.45, 2.75) is 6.54 Å². The predicted octanol–water partition coefficient (Wildman–Crippen LogP) is -0.0940. The summed E-state index contributed by atoms with van der Waals surface area (Å²) in [5.74, 6) is -0.942. The van der Waals surface area contributed by atoms with Crippen LogP contribution in [0.1, 0.15) is 0 Å². The molecule has 4 nitrogen and oxygen atoms in total. The molecule has 0 bridgehead atoms. The third-order valence-electron chi connectivity index (χ3n) is 1.10. The highest BCUT2D eigenvalue weighted by Crippen LogP contribution is 1.83. The number of hydrogen-bond donors (Lipinski definition) is 0. The zero-order valence-electron chi connectivity index (χ0n) is 5.49. The van der Waals surface area contributed by atoms with Crippen molar-refractivity contribution in [3.05, 3.63) is 28.7 Å². The molecule has 0 saturated carbocycles. The van der Waals surface area contributed by atoms with E-state index in [4.69, 9.17) is 5.26 Å². The van der Waals surface area contributed by atoms with Crippen LogP contribution < -0.4 is 5.56 Å². The van der Waals surface area contributed by atoms with Crippen LogP contribution >= 0.6 is 0 Å². The normalized spacial score (nSPS) is 9.09. The van der Waals surface area contributed by atoms with Crippen molar-refractivity contribution in [1.29, 1.82) is 5.26 Å². The molecule has 0 fully saturated rings. The molecule has 0 aliphatic carbocycles. The predicted molar refractivity (Wildman–Crippen MR) is 34.1 cm³/mol. The Kier molecular flexibility index (Phi) is 1.97. The Morgan fingerprint density at radius 3 is 3.18 bits per heavy atom. The van der Waals surface area contributed by atoms with Crippen LogP contribution in [0.5, 0.6) is 0 Å². The van der Waals surface area contributed by atoms with E-state index in [0.717, 1.165) is 17.1 Å². The minimum absolute atomic E-state index is 0.177. The summed E-state index contributed by atoms with van der Waals surface area (Å²) in [7, 11) is 0. The van der Waals surface area contributed by atoms with E-state index in [9.17, 15) is 9.18 Å². The largest absolute Gasteiger partial charge is 0.290 e. The summed E-state index contributed by atoms with van der Waals surface area (Å²) in [4.78, 5) is 14.2. The van der Waals surface area contributed by atoms with Gasteiger partial charge in [-0.1, -0.05) is 0 Å². The topological polar surface area (TPSA) is 58.7 Å². The van der Waals surface area contributed by atoms with Crippen LogP contribution in [0.3, 0.4) is 0 Å². The van der Waals surface area contributed by atoms with Crippen LogP contribution in [-0.4, -0.2) is 9.55 Å². The summed E-state index contributed by atoms with van der Waals surface area (Å²) in [6.07, 6.45) is 1.94. The summed E-state index contributed by atoms with van der Waals surface area (Å²) in [6.45, 7) is -0.177. The van der Waals surface area contributed by atoms with Crippen molar-refractivity contribution in [3.63, 3.8) is 0 Å². The smallest absolute Gasteiger partial charge is 0.283 e. The molecular formula is C6H4FN3O. The van der Waals surface area contributed by atoms with E-state index in [-0.39, 0.29) is 6.54 Å². The van der Waals surface area contributed by atoms with E-state index in [1.165, 1.54) is 0 Å². The molecule has 0 spiro atoms. The molecule has 0 atom stereocenters. The highest BCUT2D eigenvalue weighted by molar-refractivity contribution is 4.88. The minimum atomic E-state index is -0.942. The molecule has 0 unspecified atom stereocenters. The Bertz CT molecular complexity index is 352. The highest BCUT2D eigenvalue weighted by Gasteiger charge is 2.00. The lowest BCUT2D eigenvalue weighted by molar-refractivity contribution is 0.571. The number of aromatic nitrogens is 2. The Balaban J connectivity index is 3.20. The van der Waals surface area contributed by atoms with Crippen molar-refractivity contribution in [3.8, 4) is 6.07 Å². The van der Waals surface area contributed by atoms with Crippen LogP contribution in [0.4, 0.5) is 4.39 Å². The fraction of sp³-hybridized carbons (Fsp3) is 0.167. The number of rotatable bonds is 1. The van der Waals surface area contributed by atoms with Gasteiger partial charge in [0.05, 0.1) is 18.6 Å². The Morgan fingerprint density at radius 1 is 1.82 bits per heavy atom. The second-order valence-corrected chi connectivity index (χ2v) is 1.83. The Morgan fingerprint density at radius 2 is 2.55 bits per heavy atom. The van der Waals surface area contributed by atoms with Gasteiger partial charge in [0.25, 0.3) is 5.56 Å². The molecule has 56 valence electrons. The van der Waals surface area contributed by atoms with Gasteiger partial charge < -0.3 is 0 Å². The molecule has 1 heterocycles. The zero-order chi connectivity index (χ0) is 8.27. The number of hydrogen-bond acceptors (Lipinski definition) is 3. The molecule has 0 saturated heterocycles. The molecule has 0 radical (unpaired) electrons. The second kappa shape index (κ2) is 2.92. The highest BCUT2D eigenvalue weighted by atomic mass is 19.1. The Hall–Kier alpha value is -1.70. The van der Waals surface area contributed by atoms with Crippen LogP contribution in [0.25, 0.3) is 0 Å². The van der Waals surface area contributed by atoms with E-state index < -0.39 is 11.4 Å². The lowest BCUT2D eigenvalue weighted by atomic mass is 10.6. The summed E-state index contributed by atoms with van der Waals surface area (Å²) in [5.41, 5.74) is -0.818. The van der Waals surface area contributed by atoms with Gasteiger partial charge in [-0.25, -0.2) is 4.98 Å². The maximum absolute atomic E-state index is 12.4. The van der Waals surface area contributed by atoms with Gasteiger partial charge in [0, 0.05) is 0 Å². The number of nitrogens with zero attached hydrogens (tertiary/aromatic N) is 3. The minimum Gasteiger partial charge on any atom is -0.283 e. The molecule has 5 heteroatoms. The van der Waals surface area contributed by atoms with E-state index >= 15 is 0 Å². The lowest BCUT2D eigenvalue weighted by Gasteiger charge is -1.95. The van der Waals surface area contributed by atoms with Gasteiger partial charge in [0.2, 0.25) is 5.82 Å². The van der Waals surface area contributed by atoms with E-state index in [2.05, 4.69) is 4.98 Å². The first kappa shape index (κ1) is 7.41. The molecule has 0 aliphatic heterocycles. The Labute approximate surface area is 61.5 Å². The molecule has 0 amide bonds. The summed E-state index contributed by atoms with van der Waals surface area (Å²) >= 11 is 0. The molecule has 0 aromatic carbocycles. The van der Waals surface area contributed by atoms with Crippen molar-refractivity contribution in [1.82, 2.24) is 9.55 Å². The first-order valence-corrected chi connectivity index (χ1v) is 2.82. The van der Waals surface area contributed by atoms with Crippen LogP contribution in [-0.2, 0) is 6.54 Å². The van der Waals surface area contributed by atoms with Gasteiger partial charge >= 0.3 is 0 Å². The fourth-order valence-electron chi connectivity index (χ4n) is 0.613. The van der Waals surface area contributed by atoms with Gasteiger partial charge in [-0.3, -0.25) is 9.36 Å². The summed E-state index contributed by atoms with van der Waals surface area (Å²) in [5, 5.41) is 8.18. The lowest BCUT2D eigenvalue weighted by Crippen LogP contribution is -2.22. The number of nitriles is 1. The van der Waals surface area contributed by atoms with E-state index in [1.54, 1.807) is 6.07 Å². The van der Waals surface area contributed by atoms with E-state index in [1.807, 2.05) is 0 Å². The quantitative estimate of drug-likeness (QED) is 0.566. The molecule has 0 aliphatic rings. The van der Waals surface area contributed by atoms with Crippen molar-refractivity contribution >= 4 is 0 Å². The fourth-order valence-corrected chi connectivity index (χ4v) is 0.613. The molecule has 1 aromatic rings. The number of halogens is 1. The van der Waals surface area contributed by atoms with E-state index in [0.29, 0.717) is 0 Å². The molecule has 1 rings (SSSR count). The standard InChI is InChI=1S/C6H4FN3O/c7-5-3-9-4-10(2-1-8)6(5)11/h3-4H,2H2. The van der Waals surface area contributed by atoms with Crippen LogP contribution in [0.2, 0.25) is 0 Å². The average Bonchev–Trinajstić information content (AvgIpc) is 1.99. The van der Waals surface area contributed by atoms with Gasteiger partial charge in [-0.2, -0.15) is 9.65 Å².